The van der Waals surface area contributed by atoms with E-state index in [1.165, 1.54) is 19.2 Å². The standard InChI is InChI=1S/C25H19N3O6S2/c1-33-21-13-17(9-12-20(21)34-15-16-7-10-19(11-8-16)28(31)32)14-22-24(30)27(25(35)36-22)26-23(29)18-5-3-2-4-6-18/h2-14H,15H2,1H3,(H,26,29). The maximum atomic E-state index is 12.9. The molecule has 0 saturated carbocycles. The molecule has 0 bridgehead atoms. The first-order valence-corrected chi connectivity index (χ1v) is 11.8. The highest BCUT2D eigenvalue weighted by Gasteiger charge is 2.33. The van der Waals surface area contributed by atoms with Crippen LogP contribution >= 0.6 is 24.0 Å². The van der Waals surface area contributed by atoms with Gasteiger partial charge in [0.05, 0.1) is 16.9 Å². The van der Waals surface area contributed by atoms with Crippen molar-refractivity contribution in [1.82, 2.24) is 10.4 Å². The molecule has 1 fully saturated rings. The molecule has 1 N–H and O–H groups in total. The fourth-order valence-corrected chi connectivity index (χ4v) is 4.42. The first-order chi connectivity index (χ1) is 17.4. The lowest BCUT2D eigenvalue weighted by atomic mass is 10.1. The Morgan fingerprint density at radius 2 is 1.83 bits per heavy atom. The van der Waals surface area contributed by atoms with Crippen LogP contribution in [0.2, 0.25) is 0 Å². The number of rotatable bonds is 8. The number of thioether (sulfide) groups is 1. The minimum absolute atomic E-state index is 0.00531. The van der Waals surface area contributed by atoms with E-state index in [9.17, 15) is 19.7 Å². The zero-order valence-electron chi connectivity index (χ0n) is 18.9. The Morgan fingerprint density at radius 1 is 1.11 bits per heavy atom. The number of methoxy groups -OCH3 is 1. The predicted molar refractivity (Wildman–Crippen MR) is 139 cm³/mol. The van der Waals surface area contributed by atoms with Crippen LogP contribution in [0.3, 0.4) is 0 Å². The molecule has 0 unspecified atom stereocenters. The summed E-state index contributed by atoms with van der Waals surface area (Å²) in [7, 11) is 1.50. The Balaban J connectivity index is 1.45. The number of non-ortho nitro benzene ring substituents is 1. The summed E-state index contributed by atoms with van der Waals surface area (Å²) in [6.07, 6.45) is 1.65. The monoisotopic (exact) mass is 521 g/mol. The molecule has 9 nitrogen and oxygen atoms in total. The molecule has 4 rings (SSSR count). The molecule has 0 aromatic heterocycles. The van der Waals surface area contributed by atoms with Crippen molar-refractivity contribution in [2.24, 2.45) is 0 Å². The molecule has 3 aromatic carbocycles. The van der Waals surface area contributed by atoms with Crippen LogP contribution in [0.5, 0.6) is 11.5 Å². The molecule has 1 heterocycles. The van der Waals surface area contributed by atoms with Gasteiger partial charge in [-0.25, -0.2) is 0 Å². The molecular formula is C25H19N3O6S2. The maximum Gasteiger partial charge on any atom is 0.285 e. The summed E-state index contributed by atoms with van der Waals surface area (Å²) in [5, 5.41) is 11.9. The summed E-state index contributed by atoms with van der Waals surface area (Å²) in [6, 6.07) is 19.8. The number of nitro groups is 1. The van der Waals surface area contributed by atoms with Crippen molar-refractivity contribution in [2.45, 2.75) is 6.61 Å². The number of hydrazine groups is 1. The predicted octanol–water partition coefficient (Wildman–Crippen LogP) is 4.73. The second kappa shape index (κ2) is 11.0. The van der Waals surface area contributed by atoms with Crippen molar-refractivity contribution in [3.05, 3.63) is 105 Å². The number of carbonyl (C=O) groups excluding carboxylic acids is 2. The van der Waals surface area contributed by atoms with Gasteiger partial charge in [-0.2, -0.15) is 5.01 Å². The van der Waals surface area contributed by atoms with Crippen LogP contribution in [0.25, 0.3) is 6.08 Å². The van der Waals surface area contributed by atoms with Crippen molar-refractivity contribution < 1.29 is 24.0 Å². The van der Waals surface area contributed by atoms with Gasteiger partial charge in [-0.1, -0.05) is 36.0 Å². The van der Waals surface area contributed by atoms with Crippen LogP contribution in [0.15, 0.2) is 77.7 Å². The summed E-state index contributed by atoms with van der Waals surface area (Å²) in [6.45, 7) is 0.188. The minimum Gasteiger partial charge on any atom is -0.493 e. The van der Waals surface area contributed by atoms with Gasteiger partial charge in [0.2, 0.25) is 0 Å². The van der Waals surface area contributed by atoms with Crippen LogP contribution in [-0.2, 0) is 11.4 Å². The molecule has 1 aliphatic rings. The van der Waals surface area contributed by atoms with E-state index in [1.807, 2.05) is 0 Å². The molecule has 1 aliphatic heterocycles. The lowest BCUT2D eigenvalue weighted by molar-refractivity contribution is -0.384. The summed E-state index contributed by atoms with van der Waals surface area (Å²) in [5.41, 5.74) is 4.38. The van der Waals surface area contributed by atoms with Gasteiger partial charge in [0.15, 0.2) is 15.8 Å². The number of nitro benzene ring substituents is 1. The molecule has 0 aliphatic carbocycles. The zero-order chi connectivity index (χ0) is 25.7. The van der Waals surface area contributed by atoms with Gasteiger partial charge in [0.1, 0.15) is 6.61 Å². The number of ether oxygens (including phenoxy) is 2. The average Bonchev–Trinajstić information content (AvgIpc) is 3.15. The molecule has 182 valence electrons. The summed E-state index contributed by atoms with van der Waals surface area (Å²) >= 11 is 6.36. The molecule has 1 saturated heterocycles. The van der Waals surface area contributed by atoms with Crippen molar-refractivity contribution >= 4 is 51.9 Å². The molecule has 0 atom stereocenters. The van der Waals surface area contributed by atoms with Crippen LogP contribution in [0, 0.1) is 10.1 Å². The number of benzene rings is 3. The van der Waals surface area contributed by atoms with Crippen LogP contribution in [0.4, 0.5) is 5.69 Å². The SMILES string of the molecule is COc1cc(C=C2SC(=S)N(NC(=O)c3ccccc3)C2=O)ccc1OCc1ccc([N+](=O)[O-])cc1. The molecule has 36 heavy (non-hydrogen) atoms. The third kappa shape index (κ3) is 5.70. The van der Waals surface area contributed by atoms with Crippen molar-refractivity contribution in [1.29, 1.82) is 0 Å². The van der Waals surface area contributed by atoms with Gasteiger partial charge in [0.25, 0.3) is 17.5 Å². The Morgan fingerprint density at radius 3 is 2.50 bits per heavy atom. The van der Waals surface area contributed by atoms with E-state index < -0.39 is 16.7 Å². The number of nitrogens with one attached hydrogen (secondary N) is 1. The maximum absolute atomic E-state index is 12.9. The molecule has 3 aromatic rings. The van der Waals surface area contributed by atoms with E-state index in [0.717, 1.165) is 22.3 Å². The van der Waals surface area contributed by atoms with Gasteiger partial charge in [-0.05, 0) is 65.8 Å². The van der Waals surface area contributed by atoms with E-state index in [2.05, 4.69) is 5.43 Å². The normalized spacial score (nSPS) is 14.1. The van der Waals surface area contributed by atoms with E-state index >= 15 is 0 Å². The minimum atomic E-state index is -0.461. The fourth-order valence-electron chi connectivity index (χ4n) is 3.24. The highest BCUT2D eigenvalue weighted by molar-refractivity contribution is 8.26. The van der Waals surface area contributed by atoms with Crippen LogP contribution in [0.1, 0.15) is 21.5 Å². The Bertz CT molecular complexity index is 1360. The third-order valence-corrected chi connectivity index (χ3v) is 6.37. The van der Waals surface area contributed by atoms with Crippen molar-refractivity contribution in [2.75, 3.05) is 7.11 Å². The number of nitrogens with zero attached hydrogens (tertiary/aromatic N) is 2. The van der Waals surface area contributed by atoms with E-state index in [4.69, 9.17) is 21.7 Å². The first kappa shape index (κ1) is 24.9. The zero-order valence-corrected chi connectivity index (χ0v) is 20.5. The molecule has 11 heteroatoms. The lowest BCUT2D eigenvalue weighted by Gasteiger charge is -2.15. The van der Waals surface area contributed by atoms with Crippen LogP contribution in [-0.4, -0.2) is 33.2 Å². The number of hydrogen-bond acceptors (Lipinski definition) is 8. The highest BCUT2D eigenvalue weighted by Crippen LogP contribution is 2.34. The Labute approximate surface area is 215 Å². The number of carbonyl (C=O) groups is 2. The average molecular weight is 522 g/mol. The topological polar surface area (TPSA) is 111 Å². The van der Waals surface area contributed by atoms with Crippen LogP contribution < -0.4 is 14.9 Å². The smallest absolute Gasteiger partial charge is 0.285 e. The Kier molecular flexibility index (Phi) is 7.62. The second-order valence-corrected chi connectivity index (χ2v) is 9.12. The number of hydrogen-bond donors (Lipinski definition) is 1. The summed E-state index contributed by atoms with van der Waals surface area (Å²) in [4.78, 5) is 36.0. The van der Waals surface area contributed by atoms with E-state index in [-0.39, 0.29) is 16.6 Å². The molecular weight excluding hydrogens is 502 g/mol. The Hall–Kier alpha value is -4.22. The summed E-state index contributed by atoms with van der Waals surface area (Å²) in [5.74, 6) is 0.0327. The molecule has 2 amide bonds. The van der Waals surface area contributed by atoms with Crippen molar-refractivity contribution in [3.8, 4) is 11.5 Å². The van der Waals surface area contributed by atoms with Gasteiger partial charge in [-0.3, -0.25) is 25.1 Å². The van der Waals surface area contributed by atoms with E-state index in [0.29, 0.717) is 27.5 Å². The highest BCUT2D eigenvalue weighted by atomic mass is 32.2. The lowest BCUT2D eigenvalue weighted by Crippen LogP contribution is -2.44. The van der Waals surface area contributed by atoms with Gasteiger partial charge < -0.3 is 9.47 Å². The largest absolute Gasteiger partial charge is 0.493 e. The van der Waals surface area contributed by atoms with Crippen molar-refractivity contribution in [3.63, 3.8) is 0 Å². The molecule has 0 radical (unpaired) electrons. The first-order valence-electron chi connectivity index (χ1n) is 10.5. The second-order valence-electron chi connectivity index (χ2n) is 7.45. The van der Waals surface area contributed by atoms with Gasteiger partial charge >= 0.3 is 0 Å². The number of amides is 2. The third-order valence-electron chi connectivity index (χ3n) is 5.07. The number of thiocarbonyl (C=S) groups is 1. The fraction of sp³-hybridized carbons (Fsp3) is 0.0800. The summed E-state index contributed by atoms with van der Waals surface area (Å²) < 4.78 is 11.5. The van der Waals surface area contributed by atoms with E-state index in [1.54, 1.807) is 66.7 Å². The van der Waals surface area contributed by atoms with Gasteiger partial charge in [0, 0.05) is 17.7 Å². The quantitative estimate of drug-likeness (QED) is 0.196. The molecule has 0 spiro atoms. The van der Waals surface area contributed by atoms with Gasteiger partial charge in [-0.15, -0.1) is 0 Å².